The molecule has 0 aliphatic carbocycles. The van der Waals surface area contributed by atoms with Crippen LogP contribution >= 0.6 is 12.4 Å². The minimum Gasteiger partial charge on any atom is -0.457 e. The van der Waals surface area contributed by atoms with Crippen molar-refractivity contribution < 1.29 is 9.53 Å². The number of carbonyl (C=O) groups excluding carboxylic acids is 1. The van der Waals surface area contributed by atoms with Crippen LogP contribution in [0.2, 0.25) is 0 Å². The van der Waals surface area contributed by atoms with E-state index >= 15 is 0 Å². The van der Waals surface area contributed by atoms with E-state index in [1.807, 2.05) is 66.5 Å². The number of benzene rings is 2. The van der Waals surface area contributed by atoms with E-state index < -0.39 is 0 Å². The molecule has 4 nitrogen and oxygen atoms in total. The minimum absolute atomic E-state index is 0. The molecule has 2 aromatic carbocycles. The fourth-order valence-corrected chi connectivity index (χ4v) is 2.89. The first-order valence-electron chi connectivity index (χ1n) is 8.06. The molecule has 1 heterocycles. The van der Waals surface area contributed by atoms with Gasteiger partial charge in [-0.05, 0) is 44.2 Å². The number of nitrogens with one attached hydrogen (secondary N) is 1. The molecule has 5 heteroatoms. The van der Waals surface area contributed by atoms with Crippen molar-refractivity contribution in [3.8, 4) is 11.5 Å². The summed E-state index contributed by atoms with van der Waals surface area (Å²) in [5.74, 6) is 1.40. The number of carbonyl (C=O) groups is 1. The molecule has 0 spiro atoms. The van der Waals surface area contributed by atoms with Gasteiger partial charge >= 0.3 is 0 Å². The standard InChI is InChI=1S/C19H22N2O2.ClH/c1-20-15-11-13-21(14-12-15)19(22)17-9-5-6-10-18(17)23-16-7-3-2-4-8-16;/h2-10,15,20H,11-14H2,1H3;1H. The van der Waals surface area contributed by atoms with Crippen LogP contribution < -0.4 is 10.1 Å². The van der Waals surface area contributed by atoms with Gasteiger partial charge in [0, 0.05) is 19.1 Å². The van der Waals surface area contributed by atoms with E-state index in [4.69, 9.17) is 4.74 Å². The van der Waals surface area contributed by atoms with Crippen LogP contribution in [0.25, 0.3) is 0 Å². The summed E-state index contributed by atoms with van der Waals surface area (Å²) in [6.07, 6.45) is 1.98. The summed E-state index contributed by atoms with van der Waals surface area (Å²) in [5, 5.41) is 3.28. The van der Waals surface area contributed by atoms with Crippen LogP contribution in [-0.2, 0) is 0 Å². The number of halogens is 1. The maximum absolute atomic E-state index is 12.8. The molecule has 1 N–H and O–H groups in total. The third-order valence-electron chi connectivity index (χ3n) is 4.28. The Morgan fingerprint density at radius 3 is 2.33 bits per heavy atom. The predicted molar refractivity (Wildman–Crippen MR) is 98.2 cm³/mol. The van der Waals surface area contributed by atoms with Crippen LogP contribution in [0.4, 0.5) is 0 Å². The van der Waals surface area contributed by atoms with Crippen molar-refractivity contribution in [1.82, 2.24) is 10.2 Å². The fourth-order valence-electron chi connectivity index (χ4n) is 2.89. The third-order valence-corrected chi connectivity index (χ3v) is 4.28. The van der Waals surface area contributed by atoms with E-state index in [9.17, 15) is 4.79 Å². The van der Waals surface area contributed by atoms with E-state index in [0.717, 1.165) is 31.7 Å². The lowest BCUT2D eigenvalue weighted by Gasteiger charge is -2.32. The molecule has 128 valence electrons. The Hall–Kier alpha value is -2.04. The second kappa shape index (κ2) is 8.71. The largest absolute Gasteiger partial charge is 0.457 e. The number of piperidine rings is 1. The van der Waals surface area contributed by atoms with Gasteiger partial charge < -0.3 is 15.0 Å². The summed E-state index contributed by atoms with van der Waals surface area (Å²) >= 11 is 0. The third kappa shape index (κ3) is 4.28. The van der Waals surface area contributed by atoms with Crippen molar-refractivity contribution in [1.29, 1.82) is 0 Å². The van der Waals surface area contributed by atoms with Crippen molar-refractivity contribution in [2.75, 3.05) is 20.1 Å². The lowest BCUT2D eigenvalue weighted by molar-refractivity contribution is 0.0705. The maximum Gasteiger partial charge on any atom is 0.257 e. The minimum atomic E-state index is 0. The van der Waals surface area contributed by atoms with Gasteiger partial charge in [0.15, 0.2) is 0 Å². The Bertz CT molecular complexity index is 655. The zero-order chi connectivity index (χ0) is 16.1. The molecule has 1 aliphatic heterocycles. The van der Waals surface area contributed by atoms with Crippen LogP contribution in [0.3, 0.4) is 0 Å². The zero-order valence-corrected chi connectivity index (χ0v) is 14.6. The second-order valence-corrected chi connectivity index (χ2v) is 5.77. The van der Waals surface area contributed by atoms with E-state index in [2.05, 4.69) is 5.32 Å². The van der Waals surface area contributed by atoms with Gasteiger partial charge in [0.1, 0.15) is 11.5 Å². The summed E-state index contributed by atoms with van der Waals surface area (Å²) in [5.41, 5.74) is 0.624. The Morgan fingerprint density at radius 1 is 1.04 bits per heavy atom. The molecule has 1 saturated heterocycles. The first kappa shape index (κ1) is 18.3. The normalized spacial score (nSPS) is 14.8. The smallest absolute Gasteiger partial charge is 0.257 e. The highest BCUT2D eigenvalue weighted by Gasteiger charge is 2.24. The Labute approximate surface area is 149 Å². The molecule has 3 rings (SSSR count). The molecule has 0 unspecified atom stereocenters. The first-order chi connectivity index (χ1) is 11.3. The quantitative estimate of drug-likeness (QED) is 0.917. The van der Waals surface area contributed by atoms with Crippen molar-refractivity contribution in [3.05, 3.63) is 60.2 Å². The van der Waals surface area contributed by atoms with Crippen LogP contribution in [0.1, 0.15) is 23.2 Å². The molecule has 0 radical (unpaired) electrons. The maximum atomic E-state index is 12.8. The van der Waals surface area contributed by atoms with Crippen LogP contribution in [-0.4, -0.2) is 37.0 Å². The molecule has 0 atom stereocenters. The number of nitrogens with zero attached hydrogens (tertiary/aromatic N) is 1. The summed E-state index contributed by atoms with van der Waals surface area (Å²) < 4.78 is 5.90. The van der Waals surface area contributed by atoms with Crippen molar-refractivity contribution in [2.24, 2.45) is 0 Å². The number of hydrogen-bond acceptors (Lipinski definition) is 3. The summed E-state index contributed by atoms with van der Waals surface area (Å²) in [6.45, 7) is 1.56. The van der Waals surface area contributed by atoms with E-state index in [0.29, 0.717) is 17.4 Å². The van der Waals surface area contributed by atoms with Crippen molar-refractivity contribution >= 4 is 18.3 Å². The number of hydrogen-bond donors (Lipinski definition) is 1. The number of amides is 1. The highest BCUT2D eigenvalue weighted by molar-refractivity contribution is 5.97. The van der Waals surface area contributed by atoms with Gasteiger partial charge in [0.25, 0.3) is 5.91 Å². The Kier molecular flexibility index (Phi) is 6.64. The summed E-state index contributed by atoms with van der Waals surface area (Å²) in [4.78, 5) is 14.7. The zero-order valence-electron chi connectivity index (χ0n) is 13.8. The SMILES string of the molecule is CNC1CCN(C(=O)c2ccccc2Oc2ccccc2)CC1.Cl. The van der Waals surface area contributed by atoms with Crippen molar-refractivity contribution in [2.45, 2.75) is 18.9 Å². The van der Waals surface area contributed by atoms with Gasteiger partial charge in [-0.3, -0.25) is 4.79 Å². The lowest BCUT2D eigenvalue weighted by Crippen LogP contribution is -2.44. The fraction of sp³-hybridized carbons (Fsp3) is 0.316. The average Bonchev–Trinajstić information content (AvgIpc) is 2.62. The second-order valence-electron chi connectivity index (χ2n) is 5.77. The average molecular weight is 347 g/mol. The molecule has 1 aliphatic rings. The van der Waals surface area contributed by atoms with Crippen LogP contribution in [0.5, 0.6) is 11.5 Å². The van der Waals surface area contributed by atoms with Crippen LogP contribution in [0, 0.1) is 0 Å². The molecular formula is C19H23ClN2O2. The van der Waals surface area contributed by atoms with Gasteiger partial charge in [0.2, 0.25) is 0 Å². The summed E-state index contributed by atoms with van der Waals surface area (Å²) in [7, 11) is 1.98. The molecule has 0 saturated carbocycles. The van der Waals surface area contributed by atoms with Gasteiger partial charge in [0.05, 0.1) is 5.56 Å². The highest BCUT2D eigenvalue weighted by atomic mass is 35.5. The lowest BCUT2D eigenvalue weighted by atomic mass is 10.0. The number of para-hydroxylation sites is 2. The Balaban J connectivity index is 0.00000208. The molecule has 0 bridgehead atoms. The molecule has 1 amide bonds. The monoisotopic (exact) mass is 346 g/mol. The van der Waals surface area contributed by atoms with Gasteiger partial charge in [-0.15, -0.1) is 12.4 Å². The molecule has 1 fully saturated rings. The number of likely N-dealkylation sites (tertiary alicyclic amines) is 1. The first-order valence-corrected chi connectivity index (χ1v) is 8.06. The predicted octanol–water partition coefficient (Wildman–Crippen LogP) is 3.72. The molecule has 0 aromatic heterocycles. The van der Waals surface area contributed by atoms with E-state index in [1.54, 1.807) is 0 Å². The number of rotatable bonds is 4. The van der Waals surface area contributed by atoms with Crippen LogP contribution in [0.15, 0.2) is 54.6 Å². The van der Waals surface area contributed by atoms with Gasteiger partial charge in [-0.25, -0.2) is 0 Å². The van der Waals surface area contributed by atoms with E-state index in [1.165, 1.54) is 0 Å². The van der Waals surface area contributed by atoms with E-state index in [-0.39, 0.29) is 18.3 Å². The molecule has 24 heavy (non-hydrogen) atoms. The van der Waals surface area contributed by atoms with Gasteiger partial charge in [-0.2, -0.15) is 0 Å². The Morgan fingerprint density at radius 2 is 1.67 bits per heavy atom. The molecule has 2 aromatic rings. The molecular weight excluding hydrogens is 324 g/mol. The van der Waals surface area contributed by atoms with Crippen molar-refractivity contribution in [3.63, 3.8) is 0 Å². The van der Waals surface area contributed by atoms with Gasteiger partial charge in [-0.1, -0.05) is 30.3 Å². The topological polar surface area (TPSA) is 41.6 Å². The number of ether oxygens (including phenoxy) is 1. The highest BCUT2D eigenvalue weighted by Crippen LogP contribution is 2.27. The summed E-state index contributed by atoms with van der Waals surface area (Å²) in [6, 6.07) is 17.5.